The molecular formula is C29H30ClN7O3. The van der Waals surface area contributed by atoms with Crippen molar-refractivity contribution in [3.63, 3.8) is 0 Å². The third-order valence-corrected chi connectivity index (χ3v) is 6.97. The second-order valence-corrected chi connectivity index (χ2v) is 10.2. The Morgan fingerprint density at radius 3 is 2.70 bits per heavy atom. The number of piperazine rings is 1. The quantitative estimate of drug-likeness (QED) is 0.269. The molecule has 1 aliphatic heterocycles. The van der Waals surface area contributed by atoms with Crippen LogP contribution in [0.2, 0.25) is 5.02 Å². The molecule has 1 aromatic heterocycles. The maximum atomic E-state index is 12.5. The molecule has 1 saturated carbocycles. The van der Waals surface area contributed by atoms with Gasteiger partial charge in [0.15, 0.2) is 0 Å². The van der Waals surface area contributed by atoms with Crippen molar-refractivity contribution in [1.29, 1.82) is 5.26 Å². The largest absolute Gasteiger partial charge is 0.494 e. The van der Waals surface area contributed by atoms with Crippen molar-refractivity contribution in [2.45, 2.75) is 12.8 Å². The minimum Gasteiger partial charge on any atom is -0.494 e. The summed E-state index contributed by atoms with van der Waals surface area (Å²) < 4.78 is 11.6. The van der Waals surface area contributed by atoms with E-state index in [1.54, 1.807) is 37.5 Å². The zero-order chi connectivity index (χ0) is 28.1. The lowest BCUT2D eigenvalue weighted by Crippen LogP contribution is -2.44. The van der Waals surface area contributed by atoms with Gasteiger partial charge < -0.3 is 29.9 Å². The van der Waals surface area contributed by atoms with E-state index in [-0.39, 0.29) is 22.4 Å². The summed E-state index contributed by atoms with van der Waals surface area (Å²) in [6.07, 6.45) is 5.19. The molecule has 5 rings (SSSR count). The molecule has 0 bridgehead atoms. The van der Waals surface area contributed by atoms with Gasteiger partial charge in [-0.15, -0.1) is 0 Å². The minimum absolute atomic E-state index is 0.107. The molecular weight excluding hydrogens is 530 g/mol. The Hall–Kier alpha value is -4.33. The van der Waals surface area contributed by atoms with Gasteiger partial charge in [0.05, 0.1) is 19.0 Å². The number of hydrogen-bond acceptors (Lipinski definition) is 9. The maximum Gasteiger partial charge on any atom is 0.265 e. The first kappa shape index (κ1) is 27.2. The Morgan fingerprint density at radius 2 is 1.98 bits per heavy atom. The van der Waals surface area contributed by atoms with Crippen LogP contribution in [0.4, 0.5) is 23.0 Å². The van der Waals surface area contributed by atoms with Crippen molar-refractivity contribution in [2.24, 2.45) is 5.92 Å². The third-order valence-electron chi connectivity index (χ3n) is 6.71. The van der Waals surface area contributed by atoms with E-state index in [0.717, 1.165) is 44.7 Å². The molecule has 2 N–H and O–H groups in total. The Morgan fingerprint density at radius 1 is 1.18 bits per heavy atom. The molecule has 10 nitrogen and oxygen atoms in total. The summed E-state index contributed by atoms with van der Waals surface area (Å²) in [5.41, 5.74) is 2.38. The lowest BCUT2D eigenvalue weighted by atomic mass is 10.2. The number of allylic oxidation sites excluding steroid dienone is 1. The first-order chi connectivity index (χ1) is 19.4. The van der Waals surface area contributed by atoms with Gasteiger partial charge in [-0.1, -0.05) is 23.7 Å². The molecule has 2 aliphatic rings. The monoisotopic (exact) mass is 559 g/mol. The van der Waals surface area contributed by atoms with Crippen LogP contribution in [-0.2, 0) is 4.79 Å². The molecule has 1 saturated heterocycles. The first-order valence-corrected chi connectivity index (χ1v) is 13.4. The van der Waals surface area contributed by atoms with Gasteiger partial charge in [0.2, 0.25) is 11.8 Å². The molecule has 40 heavy (non-hydrogen) atoms. The van der Waals surface area contributed by atoms with E-state index in [1.165, 1.54) is 6.20 Å². The highest BCUT2D eigenvalue weighted by Crippen LogP contribution is 2.34. The number of aromatic nitrogens is 2. The molecule has 3 aromatic rings. The number of hydrogen-bond donors (Lipinski definition) is 2. The molecule has 206 valence electrons. The zero-order valence-electron chi connectivity index (χ0n) is 22.4. The summed E-state index contributed by atoms with van der Waals surface area (Å²) in [5, 5.41) is 15.5. The number of methoxy groups -OCH3 is 1. The number of nitrogens with zero attached hydrogens (tertiary/aromatic N) is 5. The Balaban J connectivity index is 1.28. The van der Waals surface area contributed by atoms with Crippen LogP contribution in [-0.4, -0.2) is 61.1 Å². The normalized spacial score (nSPS) is 15.8. The Kier molecular flexibility index (Phi) is 8.34. The lowest BCUT2D eigenvalue weighted by molar-refractivity contribution is -0.112. The van der Waals surface area contributed by atoms with Crippen LogP contribution in [0.3, 0.4) is 0 Å². The van der Waals surface area contributed by atoms with Crippen LogP contribution in [0.25, 0.3) is 0 Å². The topological polar surface area (TPSA) is 116 Å². The van der Waals surface area contributed by atoms with Gasteiger partial charge in [-0.2, -0.15) is 10.2 Å². The summed E-state index contributed by atoms with van der Waals surface area (Å²) in [7, 11) is 3.75. The standard InChI is InChI=1S/C29H30ClN7O3/c1-36-10-12-37(13-11-36)22-8-9-25(26(16-22)39-2)34-29-32-18-24(30)28(35-29)40-23-5-3-4-21(15-23)33-27(38)20(17-31)14-19-6-7-19/h3-5,8-9,14-16,18-19H,6-7,10-13H2,1-2H3,(H,33,38)(H,32,34,35)/b20-14+. The van der Waals surface area contributed by atoms with Crippen molar-refractivity contribution in [3.8, 4) is 23.4 Å². The fraction of sp³-hybridized carbons (Fsp3) is 0.310. The highest BCUT2D eigenvalue weighted by Gasteiger charge is 2.22. The number of benzene rings is 2. The molecule has 1 amide bonds. The average Bonchev–Trinajstić information content (AvgIpc) is 3.78. The van der Waals surface area contributed by atoms with Crippen LogP contribution < -0.4 is 25.0 Å². The van der Waals surface area contributed by atoms with Gasteiger partial charge in [-0.3, -0.25) is 4.79 Å². The molecule has 0 radical (unpaired) electrons. The van der Waals surface area contributed by atoms with E-state index in [0.29, 0.717) is 28.8 Å². The summed E-state index contributed by atoms with van der Waals surface area (Å²) in [6, 6.07) is 14.7. The fourth-order valence-corrected chi connectivity index (χ4v) is 4.39. The number of likely N-dealkylation sites (N-methyl/N-ethyl adjacent to an activating group) is 1. The van der Waals surface area contributed by atoms with E-state index in [1.807, 2.05) is 24.3 Å². The van der Waals surface area contributed by atoms with Crippen LogP contribution in [0.15, 0.2) is 60.3 Å². The molecule has 1 aliphatic carbocycles. The summed E-state index contributed by atoms with van der Waals surface area (Å²) in [5.74, 6) is 1.34. The number of nitriles is 1. The number of amides is 1. The number of rotatable bonds is 9. The van der Waals surface area contributed by atoms with Crippen LogP contribution in [0.5, 0.6) is 17.4 Å². The lowest BCUT2D eigenvalue weighted by Gasteiger charge is -2.34. The molecule has 2 fully saturated rings. The number of carbonyl (C=O) groups is 1. The van der Waals surface area contributed by atoms with Gasteiger partial charge in [0.1, 0.15) is 28.2 Å². The van der Waals surface area contributed by atoms with Crippen molar-refractivity contribution in [3.05, 3.63) is 65.3 Å². The van der Waals surface area contributed by atoms with E-state index in [2.05, 4.69) is 37.4 Å². The smallest absolute Gasteiger partial charge is 0.265 e. The summed E-state index contributed by atoms with van der Waals surface area (Å²) in [6.45, 7) is 3.93. The van der Waals surface area contributed by atoms with Gasteiger partial charge in [-0.25, -0.2) is 4.98 Å². The van der Waals surface area contributed by atoms with Crippen LogP contribution in [0.1, 0.15) is 12.8 Å². The second kappa shape index (κ2) is 12.2. The number of anilines is 4. The van der Waals surface area contributed by atoms with Crippen molar-refractivity contribution >= 4 is 40.5 Å². The number of carbonyl (C=O) groups excluding carboxylic acids is 1. The Labute approximate surface area is 238 Å². The third kappa shape index (κ3) is 6.81. The maximum absolute atomic E-state index is 12.5. The Bertz CT molecular complexity index is 1460. The van der Waals surface area contributed by atoms with E-state index in [4.69, 9.17) is 21.1 Å². The van der Waals surface area contributed by atoms with E-state index >= 15 is 0 Å². The highest BCUT2D eigenvalue weighted by atomic mass is 35.5. The average molecular weight is 560 g/mol. The van der Waals surface area contributed by atoms with Gasteiger partial charge in [0, 0.05) is 49.7 Å². The molecule has 2 aromatic carbocycles. The van der Waals surface area contributed by atoms with Crippen LogP contribution in [0, 0.1) is 17.2 Å². The summed E-state index contributed by atoms with van der Waals surface area (Å²) >= 11 is 6.34. The predicted octanol–water partition coefficient (Wildman–Crippen LogP) is 5.22. The highest BCUT2D eigenvalue weighted by molar-refractivity contribution is 6.31. The second-order valence-electron chi connectivity index (χ2n) is 9.76. The molecule has 0 spiro atoms. The summed E-state index contributed by atoms with van der Waals surface area (Å²) in [4.78, 5) is 25.9. The number of ether oxygens (including phenoxy) is 2. The van der Waals surface area contributed by atoms with Gasteiger partial charge in [-0.05, 0) is 50.1 Å². The van der Waals surface area contributed by atoms with E-state index in [9.17, 15) is 10.1 Å². The molecule has 11 heteroatoms. The fourth-order valence-electron chi connectivity index (χ4n) is 4.26. The molecule has 0 atom stereocenters. The number of nitrogens with one attached hydrogen (secondary N) is 2. The first-order valence-electron chi connectivity index (χ1n) is 13.0. The van der Waals surface area contributed by atoms with Crippen molar-refractivity contribution in [1.82, 2.24) is 14.9 Å². The van der Waals surface area contributed by atoms with Crippen LogP contribution >= 0.6 is 11.6 Å². The van der Waals surface area contributed by atoms with Gasteiger partial charge in [0.25, 0.3) is 5.91 Å². The van der Waals surface area contributed by atoms with Crippen molar-refractivity contribution < 1.29 is 14.3 Å². The number of halogens is 1. The van der Waals surface area contributed by atoms with Crippen molar-refractivity contribution in [2.75, 3.05) is 55.9 Å². The minimum atomic E-state index is -0.453. The zero-order valence-corrected chi connectivity index (χ0v) is 23.1. The van der Waals surface area contributed by atoms with E-state index < -0.39 is 5.91 Å². The molecule has 0 unspecified atom stereocenters. The predicted molar refractivity (Wildman–Crippen MR) is 155 cm³/mol. The molecule has 2 heterocycles. The SMILES string of the molecule is COc1cc(N2CCN(C)CC2)ccc1Nc1ncc(Cl)c(Oc2cccc(NC(=O)/C(C#N)=C/C3CC3)c2)n1. The van der Waals surface area contributed by atoms with Gasteiger partial charge >= 0.3 is 0 Å².